The van der Waals surface area contributed by atoms with Gasteiger partial charge in [-0.15, -0.1) is 23.5 Å². The number of hydrogen-bond donors (Lipinski definition) is 2. The normalized spacial score (nSPS) is 10.3. The number of benzene rings is 3. The highest BCUT2D eigenvalue weighted by molar-refractivity contribution is 8.00. The summed E-state index contributed by atoms with van der Waals surface area (Å²) in [6.45, 7) is 0. The predicted molar refractivity (Wildman–Crippen MR) is 125 cm³/mol. The summed E-state index contributed by atoms with van der Waals surface area (Å²) >= 11 is 2.94. The molecule has 0 saturated heterocycles. The van der Waals surface area contributed by atoms with Crippen LogP contribution in [0.3, 0.4) is 0 Å². The Balaban J connectivity index is 1.64. The molecule has 30 heavy (non-hydrogen) atoms. The number of rotatable bonds is 8. The highest BCUT2D eigenvalue weighted by Gasteiger charge is 2.13. The van der Waals surface area contributed by atoms with E-state index >= 15 is 0 Å². The molecule has 0 aliphatic carbocycles. The van der Waals surface area contributed by atoms with Crippen LogP contribution in [0.5, 0.6) is 5.75 Å². The number of thioether (sulfide) groups is 2. The van der Waals surface area contributed by atoms with E-state index in [-0.39, 0.29) is 17.6 Å². The Morgan fingerprint density at radius 2 is 1.63 bits per heavy atom. The van der Waals surface area contributed by atoms with Crippen molar-refractivity contribution in [2.45, 2.75) is 9.79 Å². The SMILES string of the molecule is COc1cccc(NC(=O)CSc2ccccc2C(=O)Nc2cccc(SC)c2)c1. The van der Waals surface area contributed by atoms with Crippen molar-refractivity contribution in [3.63, 3.8) is 0 Å². The van der Waals surface area contributed by atoms with Crippen LogP contribution in [-0.2, 0) is 4.79 Å². The number of carbonyl (C=O) groups is 2. The summed E-state index contributed by atoms with van der Waals surface area (Å²) < 4.78 is 5.17. The van der Waals surface area contributed by atoms with E-state index in [1.807, 2.05) is 60.9 Å². The van der Waals surface area contributed by atoms with E-state index in [1.165, 1.54) is 11.8 Å². The highest BCUT2D eigenvalue weighted by Crippen LogP contribution is 2.25. The largest absolute Gasteiger partial charge is 0.497 e. The van der Waals surface area contributed by atoms with Gasteiger partial charge in [0.25, 0.3) is 5.91 Å². The number of hydrogen-bond acceptors (Lipinski definition) is 5. The second kappa shape index (κ2) is 10.8. The monoisotopic (exact) mass is 438 g/mol. The van der Waals surface area contributed by atoms with E-state index in [2.05, 4.69) is 10.6 Å². The standard InChI is InChI=1S/C23H22N2O3S2/c1-28-18-9-5-7-16(13-18)24-22(26)15-30-21-12-4-3-11-20(21)23(27)25-17-8-6-10-19(14-17)29-2/h3-14H,15H2,1-2H3,(H,24,26)(H,25,27). The van der Waals surface area contributed by atoms with Gasteiger partial charge in [0.2, 0.25) is 5.91 Å². The van der Waals surface area contributed by atoms with Crippen LogP contribution in [0.4, 0.5) is 11.4 Å². The van der Waals surface area contributed by atoms with Crippen LogP contribution in [0.2, 0.25) is 0 Å². The zero-order chi connectivity index (χ0) is 21.3. The van der Waals surface area contributed by atoms with Gasteiger partial charge in [0.1, 0.15) is 5.75 Å². The summed E-state index contributed by atoms with van der Waals surface area (Å²) in [5.74, 6) is 0.498. The lowest BCUT2D eigenvalue weighted by Crippen LogP contribution is -2.16. The molecular formula is C23H22N2O3S2. The van der Waals surface area contributed by atoms with E-state index in [0.717, 1.165) is 15.5 Å². The Hall–Kier alpha value is -2.90. The van der Waals surface area contributed by atoms with E-state index in [4.69, 9.17) is 4.74 Å². The smallest absolute Gasteiger partial charge is 0.256 e. The third-order valence-corrected chi connectivity index (χ3v) is 5.97. The van der Waals surface area contributed by atoms with Crippen LogP contribution in [0.15, 0.2) is 82.6 Å². The maximum absolute atomic E-state index is 12.8. The molecule has 2 N–H and O–H groups in total. The molecule has 0 aromatic heterocycles. The summed E-state index contributed by atoms with van der Waals surface area (Å²) in [6.07, 6.45) is 1.99. The van der Waals surface area contributed by atoms with Crippen molar-refractivity contribution in [3.05, 3.63) is 78.4 Å². The fourth-order valence-electron chi connectivity index (χ4n) is 2.72. The van der Waals surface area contributed by atoms with Crippen LogP contribution < -0.4 is 15.4 Å². The average molecular weight is 439 g/mol. The van der Waals surface area contributed by atoms with Crippen LogP contribution >= 0.6 is 23.5 Å². The quantitative estimate of drug-likeness (QED) is 0.461. The Morgan fingerprint density at radius 1 is 0.900 bits per heavy atom. The lowest BCUT2D eigenvalue weighted by atomic mass is 10.2. The molecular weight excluding hydrogens is 416 g/mol. The van der Waals surface area contributed by atoms with Crippen molar-refractivity contribution in [1.82, 2.24) is 0 Å². The minimum atomic E-state index is -0.204. The Bertz CT molecular complexity index is 1040. The summed E-state index contributed by atoms with van der Waals surface area (Å²) in [5, 5.41) is 5.78. The zero-order valence-electron chi connectivity index (χ0n) is 16.7. The third-order valence-electron chi connectivity index (χ3n) is 4.17. The van der Waals surface area contributed by atoms with Gasteiger partial charge < -0.3 is 15.4 Å². The molecule has 0 spiro atoms. The number of ether oxygens (including phenoxy) is 1. The first-order valence-corrected chi connectivity index (χ1v) is 11.4. The molecule has 0 unspecified atom stereocenters. The van der Waals surface area contributed by atoms with Gasteiger partial charge in [-0.3, -0.25) is 9.59 Å². The first-order chi connectivity index (χ1) is 14.6. The highest BCUT2D eigenvalue weighted by atomic mass is 32.2. The number of anilines is 2. The number of amides is 2. The Morgan fingerprint density at radius 3 is 2.40 bits per heavy atom. The summed E-state index contributed by atoms with van der Waals surface area (Å²) in [7, 11) is 1.58. The molecule has 5 nitrogen and oxygen atoms in total. The molecule has 3 aromatic carbocycles. The summed E-state index contributed by atoms with van der Waals surface area (Å²) in [4.78, 5) is 27.0. The first-order valence-electron chi connectivity index (χ1n) is 9.20. The maximum Gasteiger partial charge on any atom is 0.256 e. The molecule has 0 radical (unpaired) electrons. The number of carbonyl (C=O) groups excluding carboxylic acids is 2. The van der Waals surface area contributed by atoms with Gasteiger partial charge >= 0.3 is 0 Å². The van der Waals surface area contributed by atoms with E-state index in [9.17, 15) is 9.59 Å². The van der Waals surface area contributed by atoms with Gasteiger partial charge in [0, 0.05) is 27.2 Å². The Labute approximate surface area is 184 Å². The molecule has 0 bridgehead atoms. The van der Waals surface area contributed by atoms with Gasteiger partial charge in [0.05, 0.1) is 18.4 Å². The molecule has 0 aliphatic heterocycles. The number of methoxy groups -OCH3 is 1. The zero-order valence-corrected chi connectivity index (χ0v) is 18.3. The Kier molecular flexibility index (Phi) is 7.82. The van der Waals surface area contributed by atoms with Gasteiger partial charge in [0.15, 0.2) is 0 Å². The second-order valence-corrected chi connectivity index (χ2v) is 8.15. The van der Waals surface area contributed by atoms with Crippen molar-refractivity contribution in [3.8, 4) is 5.75 Å². The van der Waals surface area contributed by atoms with Gasteiger partial charge in [-0.05, 0) is 48.7 Å². The molecule has 7 heteroatoms. The van der Waals surface area contributed by atoms with Crippen molar-refractivity contribution in [2.75, 3.05) is 29.8 Å². The minimum Gasteiger partial charge on any atom is -0.497 e. The van der Waals surface area contributed by atoms with Crippen molar-refractivity contribution in [2.24, 2.45) is 0 Å². The average Bonchev–Trinajstić information content (AvgIpc) is 2.78. The second-order valence-electron chi connectivity index (χ2n) is 6.25. The molecule has 0 aliphatic rings. The molecule has 0 fully saturated rings. The van der Waals surface area contributed by atoms with Crippen LogP contribution in [0.1, 0.15) is 10.4 Å². The van der Waals surface area contributed by atoms with E-state index in [0.29, 0.717) is 17.0 Å². The van der Waals surface area contributed by atoms with Crippen molar-refractivity contribution in [1.29, 1.82) is 0 Å². The molecule has 3 aromatic rings. The van der Waals surface area contributed by atoms with Gasteiger partial charge in [-0.2, -0.15) is 0 Å². The minimum absolute atomic E-state index is 0.156. The van der Waals surface area contributed by atoms with Crippen molar-refractivity contribution < 1.29 is 14.3 Å². The lowest BCUT2D eigenvalue weighted by Gasteiger charge is -2.11. The summed E-state index contributed by atoms with van der Waals surface area (Å²) in [5.41, 5.74) is 1.94. The van der Waals surface area contributed by atoms with Gasteiger partial charge in [-0.1, -0.05) is 24.3 Å². The fourth-order valence-corrected chi connectivity index (χ4v) is 4.03. The van der Waals surface area contributed by atoms with Crippen LogP contribution in [0, 0.1) is 0 Å². The molecule has 3 rings (SSSR count). The lowest BCUT2D eigenvalue weighted by molar-refractivity contribution is -0.113. The predicted octanol–water partition coefficient (Wildman–Crippen LogP) is 5.40. The molecule has 2 amide bonds. The number of nitrogens with one attached hydrogen (secondary N) is 2. The third kappa shape index (κ3) is 6.05. The molecule has 154 valence electrons. The molecule has 0 atom stereocenters. The van der Waals surface area contributed by atoms with Gasteiger partial charge in [-0.25, -0.2) is 0 Å². The molecule has 0 heterocycles. The fraction of sp³-hybridized carbons (Fsp3) is 0.130. The summed E-state index contributed by atoms with van der Waals surface area (Å²) in [6, 6.07) is 22.1. The maximum atomic E-state index is 12.8. The van der Waals surface area contributed by atoms with Crippen LogP contribution in [0.25, 0.3) is 0 Å². The van der Waals surface area contributed by atoms with E-state index in [1.54, 1.807) is 37.1 Å². The van der Waals surface area contributed by atoms with Crippen molar-refractivity contribution >= 4 is 46.7 Å². The van der Waals surface area contributed by atoms with E-state index < -0.39 is 0 Å². The molecule has 0 saturated carbocycles. The first kappa shape index (κ1) is 21.8. The van der Waals surface area contributed by atoms with Crippen LogP contribution in [-0.4, -0.2) is 30.9 Å². The topological polar surface area (TPSA) is 67.4 Å².